The van der Waals surface area contributed by atoms with Gasteiger partial charge in [-0.3, -0.25) is 4.79 Å². The predicted molar refractivity (Wildman–Crippen MR) is 102 cm³/mol. The molecule has 0 unspecified atom stereocenters. The SMILES string of the molecule is COc1ccc(C2=Nc3cc(C(=O)O)ccc3CN2CCNC(C)=O)cc1. The molecule has 140 valence electrons. The maximum absolute atomic E-state index is 11.3. The van der Waals surface area contributed by atoms with Crippen molar-refractivity contribution in [2.45, 2.75) is 13.5 Å². The summed E-state index contributed by atoms with van der Waals surface area (Å²) in [6.07, 6.45) is 0. The average molecular weight is 367 g/mol. The van der Waals surface area contributed by atoms with Gasteiger partial charge in [0.25, 0.3) is 0 Å². The molecule has 0 saturated carbocycles. The number of nitrogens with one attached hydrogen (secondary N) is 1. The molecule has 1 heterocycles. The van der Waals surface area contributed by atoms with Gasteiger partial charge in [0.05, 0.1) is 18.4 Å². The van der Waals surface area contributed by atoms with Gasteiger partial charge in [0, 0.05) is 32.1 Å². The topological polar surface area (TPSA) is 91.2 Å². The van der Waals surface area contributed by atoms with Crippen LogP contribution in [-0.4, -0.2) is 47.9 Å². The third-order valence-electron chi connectivity index (χ3n) is 4.32. The first-order valence-corrected chi connectivity index (χ1v) is 8.56. The summed E-state index contributed by atoms with van der Waals surface area (Å²) in [5.74, 6) is 0.417. The number of amidine groups is 1. The van der Waals surface area contributed by atoms with Crippen LogP contribution < -0.4 is 10.1 Å². The fraction of sp³-hybridized carbons (Fsp3) is 0.250. The van der Waals surface area contributed by atoms with E-state index < -0.39 is 5.97 Å². The molecule has 3 rings (SSSR count). The fourth-order valence-corrected chi connectivity index (χ4v) is 2.94. The number of amides is 1. The summed E-state index contributed by atoms with van der Waals surface area (Å²) in [4.78, 5) is 29.2. The second kappa shape index (κ2) is 7.90. The normalized spacial score (nSPS) is 12.8. The van der Waals surface area contributed by atoms with Crippen LogP contribution >= 0.6 is 0 Å². The lowest BCUT2D eigenvalue weighted by atomic mass is 10.0. The Morgan fingerprint density at radius 2 is 1.96 bits per heavy atom. The highest BCUT2D eigenvalue weighted by Gasteiger charge is 2.22. The standard InChI is InChI=1S/C20H21N3O4/c1-13(24)21-9-10-23-12-16-4-3-15(20(25)26)11-18(16)22-19(23)14-5-7-17(27-2)8-6-14/h3-8,11H,9-10,12H2,1-2H3,(H,21,24)(H,25,26). The molecule has 2 N–H and O–H groups in total. The minimum absolute atomic E-state index is 0.0820. The number of methoxy groups -OCH3 is 1. The van der Waals surface area contributed by atoms with Gasteiger partial charge in [0.15, 0.2) is 0 Å². The van der Waals surface area contributed by atoms with Crippen molar-refractivity contribution in [3.05, 3.63) is 59.2 Å². The van der Waals surface area contributed by atoms with Crippen molar-refractivity contribution in [3.8, 4) is 5.75 Å². The molecule has 0 bridgehead atoms. The highest BCUT2D eigenvalue weighted by molar-refractivity contribution is 6.02. The molecule has 0 aromatic heterocycles. The van der Waals surface area contributed by atoms with Crippen LogP contribution in [0.15, 0.2) is 47.5 Å². The van der Waals surface area contributed by atoms with E-state index >= 15 is 0 Å². The first-order chi connectivity index (χ1) is 13.0. The Morgan fingerprint density at radius 1 is 1.22 bits per heavy atom. The van der Waals surface area contributed by atoms with Crippen LogP contribution in [0.3, 0.4) is 0 Å². The van der Waals surface area contributed by atoms with Crippen molar-refractivity contribution < 1.29 is 19.4 Å². The lowest BCUT2D eigenvalue weighted by Gasteiger charge is -2.31. The minimum atomic E-state index is -0.980. The van der Waals surface area contributed by atoms with Crippen molar-refractivity contribution in [1.29, 1.82) is 0 Å². The summed E-state index contributed by atoms with van der Waals surface area (Å²) in [6, 6.07) is 12.5. The third kappa shape index (κ3) is 4.25. The van der Waals surface area contributed by atoms with Crippen LogP contribution in [0.5, 0.6) is 5.75 Å². The number of aliphatic imine (C=N–C) groups is 1. The zero-order valence-corrected chi connectivity index (χ0v) is 15.2. The minimum Gasteiger partial charge on any atom is -0.497 e. The number of rotatable bonds is 6. The van der Waals surface area contributed by atoms with Crippen LogP contribution in [-0.2, 0) is 11.3 Å². The van der Waals surface area contributed by atoms with E-state index in [1.165, 1.54) is 6.92 Å². The number of carboxylic acids is 1. The number of aromatic carboxylic acids is 1. The first kappa shape index (κ1) is 18.4. The number of benzene rings is 2. The number of fused-ring (bicyclic) bond motifs is 1. The number of hydrogen-bond acceptors (Lipinski definition) is 5. The lowest BCUT2D eigenvalue weighted by molar-refractivity contribution is -0.118. The summed E-state index contributed by atoms with van der Waals surface area (Å²) in [6.45, 7) is 3.15. The second-order valence-corrected chi connectivity index (χ2v) is 6.22. The van der Waals surface area contributed by atoms with Gasteiger partial charge in [-0.1, -0.05) is 6.07 Å². The number of carboxylic acid groups (broad SMARTS) is 1. The Bertz CT molecular complexity index is 891. The van der Waals surface area contributed by atoms with Gasteiger partial charge < -0.3 is 20.1 Å². The van der Waals surface area contributed by atoms with Crippen LogP contribution in [0.25, 0.3) is 0 Å². The van der Waals surface area contributed by atoms with Crippen molar-refractivity contribution in [3.63, 3.8) is 0 Å². The molecule has 0 fully saturated rings. The summed E-state index contributed by atoms with van der Waals surface area (Å²) in [5, 5.41) is 12.0. The monoisotopic (exact) mass is 367 g/mol. The Morgan fingerprint density at radius 3 is 2.59 bits per heavy atom. The maximum atomic E-state index is 11.3. The highest BCUT2D eigenvalue weighted by atomic mass is 16.5. The van der Waals surface area contributed by atoms with Gasteiger partial charge in [0.1, 0.15) is 11.6 Å². The predicted octanol–water partition coefficient (Wildman–Crippen LogP) is 2.42. The van der Waals surface area contributed by atoms with Crippen LogP contribution in [0.4, 0.5) is 5.69 Å². The number of nitrogens with zero attached hydrogens (tertiary/aromatic N) is 2. The van der Waals surface area contributed by atoms with E-state index in [0.29, 0.717) is 25.3 Å². The maximum Gasteiger partial charge on any atom is 0.335 e. The van der Waals surface area contributed by atoms with Crippen LogP contribution in [0.2, 0.25) is 0 Å². The fourth-order valence-electron chi connectivity index (χ4n) is 2.94. The molecule has 7 nitrogen and oxygen atoms in total. The summed E-state index contributed by atoms with van der Waals surface area (Å²) in [5.41, 5.74) is 2.69. The van der Waals surface area contributed by atoms with Crippen molar-refractivity contribution in [1.82, 2.24) is 10.2 Å². The molecule has 0 atom stereocenters. The van der Waals surface area contributed by atoms with Gasteiger partial charge >= 0.3 is 5.97 Å². The number of carbonyl (C=O) groups excluding carboxylic acids is 1. The average Bonchev–Trinajstić information content (AvgIpc) is 2.66. The molecule has 0 radical (unpaired) electrons. The summed E-state index contributed by atoms with van der Waals surface area (Å²) in [7, 11) is 1.61. The molecule has 2 aromatic carbocycles. The Balaban J connectivity index is 1.96. The van der Waals surface area contributed by atoms with Gasteiger partial charge in [-0.15, -0.1) is 0 Å². The van der Waals surface area contributed by atoms with Crippen LogP contribution in [0, 0.1) is 0 Å². The molecule has 1 aliphatic heterocycles. The van der Waals surface area contributed by atoms with E-state index in [2.05, 4.69) is 10.2 Å². The molecular weight excluding hydrogens is 346 g/mol. The first-order valence-electron chi connectivity index (χ1n) is 8.56. The number of hydrogen-bond donors (Lipinski definition) is 2. The number of carbonyl (C=O) groups is 2. The zero-order valence-electron chi connectivity index (χ0n) is 15.2. The summed E-state index contributed by atoms with van der Waals surface area (Å²) < 4.78 is 5.21. The Hall–Kier alpha value is -3.35. The molecule has 0 spiro atoms. The Labute approximate surface area is 157 Å². The third-order valence-corrected chi connectivity index (χ3v) is 4.32. The molecule has 0 saturated heterocycles. The van der Waals surface area contributed by atoms with E-state index in [9.17, 15) is 14.7 Å². The molecule has 1 amide bonds. The molecule has 0 aliphatic carbocycles. The van der Waals surface area contributed by atoms with E-state index in [0.717, 1.165) is 22.7 Å². The van der Waals surface area contributed by atoms with Crippen molar-refractivity contribution in [2.75, 3.05) is 20.2 Å². The van der Waals surface area contributed by atoms with Gasteiger partial charge in [0.2, 0.25) is 5.91 Å². The molecule has 1 aliphatic rings. The molecule has 2 aromatic rings. The van der Waals surface area contributed by atoms with Gasteiger partial charge in [-0.2, -0.15) is 0 Å². The van der Waals surface area contributed by atoms with Gasteiger partial charge in [-0.05, 0) is 42.0 Å². The molecule has 27 heavy (non-hydrogen) atoms. The van der Waals surface area contributed by atoms with E-state index in [-0.39, 0.29) is 11.5 Å². The van der Waals surface area contributed by atoms with Gasteiger partial charge in [-0.25, -0.2) is 9.79 Å². The lowest BCUT2D eigenvalue weighted by Crippen LogP contribution is -2.39. The van der Waals surface area contributed by atoms with Crippen LogP contribution in [0.1, 0.15) is 28.4 Å². The van der Waals surface area contributed by atoms with Crippen molar-refractivity contribution in [2.24, 2.45) is 4.99 Å². The molecule has 7 heteroatoms. The second-order valence-electron chi connectivity index (χ2n) is 6.22. The smallest absolute Gasteiger partial charge is 0.335 e. The van der Waals surface area contributed by atoms with E-state index in [1.54, 1.807) is 25.3 Å². The molecular formula is C20H21N3O4. The van der Waals surface area contributed by atoms with E-state index in [1.807, 2.05) is 24.3 Å². The summed E-state index contributed by atoms with van der Waals surface area (Å²) >= 11 is 0. The zero-order chi connectivity index (χ0) is 19.4. The van der Waals surface area contributed by atoms with E-state index in [4.69, 9.17) is 9.73 Å². The number of ether oxygens (including phenoxy) is 1. The van der Waals surface area contributed by atoms with Crippen molar-refractivity contribution >= 4 is 23.4 Å². The Kier molecular flexibility index (Phi) is 5.40. The largest absolute Gasteiger partial charge is 0.497 e. The highest BCUT2D eigenvalue weighted by Crippen LogP contribution is 2.29. The quantitative estimate of drug-likeness (QED) is 0.818.